The quantitative estimate of drug-likeness (QED) is 0.781. The zero-order chi connectivity index (χ0) is 20.4. The number of benzene rings is 1. The Morgan fingerprint density at radius 1 is 1.24 bits per heavy atom. The predicted octanol–water partition coefficient (Wildman–Crippen LogP) is 1.37. The maximum absolute atomic E-state index is 12.9. The van der Waals surface area contributed by atoms with Crippen LogP contribution in [0, 0.1) is 17.8 Å². The Morgan fingerprint density at radius 3 is 2.62 bits per heavy atom. The summed E-state index contributed by atoms with van der Waals surface area (Å²) in [6.45, 7) is 1.01. The van der Waals surface area contributed by atoms with Crippen LogP contribution in [0.1, 0.15) is 42.7 Å². The van der Waals surface area contributed by atoms with Crippen LogP contribution in [0.2, 0.25) is 0 Å². The summed E-state index contributed by atoms with van der Waals surface area (Å²) < 4.78 is 4.95. The number of amides is 2. The number of fused-ring (bicyclic) bond motifs is 1. The SMILES string of the molecule is COCC#Cc1ccc([C@@H]2[C@@H](CO)N3C(=O)CN(C(=O)C4CCCC4)C[C@@H]23)cc1. The smallest absolute Gasteiger partial charge is 0.242 e. The van der Waals surface area contributed by atoms with Crippen molar-refractivity contribution in [2.75, 3.05) is 33.4 Å². The second-order valence-electron chi connectivity index (χ2n) is 8.20. The molecule has 0 bridgehead atoms. The molecular weight excluding hydrogens is 368 g/mol. The van der Waals surface area contributed by atoms with Crippen LogP contribution in [-0.2, 0) is 14.3 Å². The molecule has 1 saturated carbocycles. The van der Waals surface area contributed by atoms with E-state index in [0.29, 0.717) is 13.2 Å². The number of hydrogen-bond acceptors (Lipinski definition) is 4. The van der Waals surface area contributed by atoms with Gasteiger partial charge in [0, 0.05) is 31.1 Å². The molecule has 6 heteroatoms. The van der Waals surface area contributed by atoms with Gasteiger partial charge in [0.1, 0.15) is 6.61 Å². The number of aliphatic hydroxyl groups excluding tert-OH is 1. The minimum Gasteiger partial charge on any atom is -0.394 e. The molecule has 0 aromatic heterocycles. The van der Waals surface area contributed by atoms with Crippen molar-refractivity contribution < 1.29 is 19.4 Å². The number of aliphatic hydroxyl groups is 1. The number of nitrogens with zero attached hydrogens (tertiary/aromatic N) is 2. The Bertz CT molecular complexity index is 820. The van der Waals surface area contributed by atoms with Crippen LogP contribution in [0.25, 0.3) is 0 Å². The fraction of sp³-hybridized carbons (Fsp3) is 0.565. The van der Waals surface area contributed by atoms with Crippen molar-refractivity contribution in [1.29, 1.82) is 0 Å². The van der Waals surface area contributed by atoms with E-state index in [2.05, 4.69) is 11.8 Å². The molecule has 2 amide bonds. The molecule has 0 unspecified atom stereocenters. The molecule has 6 nitrogen and oxygen atoms in total. The first-order valence-electron chi connectivity index (χ1n) is 10.4. The Kier molecular flexibility index (Phi) is 5.89. The second kappa shape index (κ2) is 8.56. The van der Waals surface area contributed by atoms with Gasteiger partial charge >= 0.3 is 0 Å². The van der Waals surface area contributed by atoms with Gasteiger partial charge in [-0.1, -0.05) is 36.8 Å². The lowest BCUT2D eigenvalue weighted by Crippen LogP contribution is -2.73. The van der Waals surface area contributed by atoms with Crippen molar-refractivity contribution in [1.82, 2.24) is 9.80 Å². The minimum atomic E-state index is -0.221. The van der Waals surface area contributed by atoms with E-state index in [4.69, 9.17) is 4.74 Å². The zero-order valence-electron chi connectivity index (χ0n) is 16.8. The van der Waals surface area contributed by atoms with Gasteiger partial charge in [0.2, 0.25) is 11.8 Å². The normalized spacial score (nSPS) is 26.6. The standard InChI is InChI=1S/C23H28N2O4/c1-29-12-4-5-16-8-10-17(11-9-16)22-19-13-24(23(28)18-6-2-3-7-18)14-21(27)25(19)20(22)15-26/h8-11,18-20,22,26H,2-3,6-7,12-15H2,1H3/t19-,20+,22-/m0/s1. The first-order valence-corrected chi connectivity index (χ1v) is 10.4. The highest BCUT2D eigenvalue weighted by Crippen LogP contribution is 2.43. The van der Waals surface area contributed by atoms with Crippen LogP contribution in [-0.4, -0.2) is 72.2 Å². The average molecular weight is 396 g/mol. The Balaban J connectivity index is 1.50. The van der Waals surface area contributed by atoms with E-state index in [9.17, 15) is 14.7 Å². The molecule has 0 radical (unpaired) electrons. The van der Waals surface area contributed by atoms with Gasteiger partial charge in [-0.2, -0.15) is 0 Å². The van der Waals surface area contributed by atoms with E-state index in [0.717, 1.165) is 36.8 Å². The van der Waals surface area contributed by atoms with Gasteiger partial charge in [-0.3, -0.25) is 9.59 Å². The van der Waals surface area contributed by atoms with E-state index in [1.54, 1.807) is 16.9 Å². The van der Waals surface area contributed by atoms with Gasteiger partial charge in [0.25, 0.3) is 0 Å². The van der Waals surface area contributed by atoms with E-state index in [1.165, 1.54) is 0 Å². The molecule has 0 spiro atoms. The largest absolute Gasteiger partial charge is 0.394 e. The molecule has 3 atom stereocenters. The zero-order valence-corrected chi connectivity index (χ0v) is 16.8. The maximum atomic E-state index is 12.9. The Hall–Kier alpha value is -2.36. The number of hydrogen-bond donors (Lipinski definition) is 1. The molecule has 2 aliphatic heterocycles. The van der Waals surface area contributed by atoms with Crippen molar-refractivity contribution in [2.24, 2.45) is 5.92 Å². The molecule has 29 heavy (non-hydrogen) atoms. The van der Waals surface area contributed by atoms with Gasteiger partial charge in [0.05, 0.1) is 25.2 Å². The van der Waals surface area contributed by atoms with Crippen molar-refractivity contribution in [3.05, 3.63) is 35.4 Å². The summed E-state index contributed by atoms with van der Waals surface area (Å²) in [6, 6.07) is 7.67. The highest BCUT2D eigenvalue weighted by Gasteiger charge is 2.54. The summed E-state index contributed by atoms with van der Waals surface area (Å²) in [6.07, 6.45) is 4.07. The number of rotatable bonds is 4. The molecule has 2 saturated heterocycles. The Labute approximate surface area is 171 Å². The topological polar surface area (TPSA) is 70.1 Å². The summed E-state index contributed by atoms with van der Waals surface area (Å²) in [5.74, 6) is 6.17. The summed E-state index contributed by atoms with van der Waals surface area (Å²) in [5.41, 5.74) is 1.98. The molecule has 3 aliphatic rings. The maximum Gasteiger partial charge on any atom is 0.242 e. The highest BCUT2D eigenvalue weighted by molar-refractivity contribution is 5.88. The van der Waals surface area contributed by atoms with Gasteiger partial charge in [-0.05, 0) is 30.5 Å². The molecule has 1 aliphatic carbocycles. The molecular formula is C23H28N2O4. The number of methoxy groups -OCH3 is 1. The van der Waals surface area contributed by atoms with E-state index in [-0.39, 0.29) is 48.9 Å². The third-order valence-electron chi connectivity index (χ3n) is 6.51. The first-order chi connectivity index (χ1) is 14.1. The number of ether oxygens (including phenoxy) is 1. The molecule has 4 rings (SSSR count). The highest BCUT2D eigenvalue weighted by atomic mass is 16.5. The lowest BCUT2D eigenvalue weighted by molar-refractivity contribution is -0.168. The number of carbonyl (C=O) groups excluding carboxylic acids is 2. The molecule has 2 heterocycles. The second-order valence-corrected chi connectivity index (χ2v) is 8.20. The van der Waals surface area contributed by atoms with Crippen LogP contribution in [0.15, 0.2) is 24.3 Å². The molecule has 154 valence electrons. The van der Waals surface area contributed by atoms with E-state index < -0.39 is 0 Å². The summed E-state index contributed by atoms with van der Waals surface area (Å²) >= 11 is 0. The van der Waals surface area contributed by atoms with Gasteiger partial charge in [-0.25, -0.2) is 0 Å². The Morgan fingerprint density at radius 2 is 1.97 bits per heavy atom. The van der Waals surface area contributed by atoms with Crippen LogP contribution in [0.3, 0.4) is 0 Å². The van der Waals surface area contributed by atoms with Crippen molar-refractivity contribution in [2.45, 2.75) is 43.7 Å². The molecule has 1 aromatic rings. The minimum absolute atomic E-state index is 0.0316. The van der Waals surface area contributed by atoms with E-state index >= 15 is 0 Å². The average Bonchev–Trinajstić information content (AvgIpc) is 3.25. The summed E-state index contributed by atoms with van der Waals surface area (Å²) in [7, 11) is 1.61. The molecule has 1 N–H and O–H groups in total. The lowest BCUT2D eigenvalue weighted by Gasteiger charge is -2.59. The van der Waals surface area contributed by atoms with E-state index in [1.807, 2.05) is 24.3 Å². The lowest BCUT2D eigenvalue weighted by atomic mass is 9.73. The first kappa shape index (κ1) is 19.9. The summed E-state index contributed by atoms with van der Waals surface area (Å²) in [5, 5.41) is 9.91. The predicted molar refractivity (Wildman–Crippen MR) is 108 cm³/mol. The van der Waals surface area contributed by atoms with Gasteiger partial charge in [-0.15, -0.1) is 0 Å². The molecule has 1 aromatic carbocycles. The van der Waals surface area contributed by atoms with Crippen LogP contribution >= 0.6 is 0 Å². The van der Waals surface area contributed by atoms with Crippen LogP contribution in [0.5, 0.6) is 0 Å². The van der Waals surface area contributed by atoms with Crippen molar-refractivity contribution in [3.63, 3.8) is 0 Å². The van der Waals surface area contributed by atoms with Crippen molar-refractivity contribution >= 4 is 11.8 Å². The third-order valence-corrected chi connectivity index (χ3v) is 6.51. The third kappa shape index (κ3) is 3.77. The van der Waals surface area contributed by atoms with Gasteiger partial charge < -0.3 is 19.6 Å². The fourth-order valence-corrected chi connectivity index (χ4v) is 5.10. The van der Waals surface area contributed by atoms with Crippen LogP contribution in [0.4, 0.5) is 0 Å². The number of carbonyl (C=O) groups is 2. The molecule has 3 fully saturated rings. The number of piperazine rings is 1. The fourth-order valence-electron chi connectivity index (χ4n) is 5.10. The van der Waals surface area contributed by atoms with Crippen molar-refractivity contribution in [3.8, 4) is 11.8 Å². The van der Waals surface area contributed by atoms with Gasteiger partial charge in [0.15, 0.2) is 0 Å². The van der Waals surface area contributed by atoms with Crippen LogP contribution < -0.4 is 0 Å². The monoisotopic (exact) mass is 396 g/mol. The summed E-state index contributed by atoms with van der Waals surface area (Å²) in [4.78, 5) is 29.1.